The fraction of sp³-hybridized carbons (Fsp3) is 0.391. The van der Waals surface area contributed by atoms with Crippen LogP contribution in [0.4, 0.5) is 5.69 Å². The predicted molar refractivity (Wildman–Crippen MR) is 117 cm³/mol. The molecule has 1 aromatic heterocycles. The van der Waals surface area contributed by atoms with Crippen molar-refractivity contribution in [2.45, 2.75) is 60.8 Å². The summed E-state index contributed by atoms with van der Waals surface area (Å²) in [6.45, 7) is 15.9. The van der Waals surface area contributed by atoms with Crippen molar-refractivity contribution < 1.29 is 4.79 Å². The van der Waals surface area contributed by atoms with Crippen LogP contribution in [-0.2, 0) is 10.2 Å². The lowest BCUT2D eigenvalue weighted by Crippen LogP contribution is -2.26. The van der Waals surface area contributed by atoms with Crippen molar-refractivity contribution in [1.29, 1.82) is 0 Å². The Labute approximate surface area is 163 Å². The van der Waals surface area contributed by atoms with Crippen LogP contribution in [0.5, 0.6) is 0 Å². The number of aromatic nitrogens is 2. The standard InChI is InChI=1S/C17H15N3O.3C2H6/c1-17(2)11-9-10(7-8-12(11)20-16(17)21)15-18-13-5-3-4-6-14(13)19-15;3*1-2/h3-9H,1-2H3,(H,18,19)(H,20,21);3*1-2H3. The number of hydrogen-bond acceptors (Lipinski definition) is 2. The number of hydrogen-bond donors (Lipinski definition) is 2. The number of nitrogens with zero attached hydrogens (tertiary/aromatic N) is 1. The van der Waals surface area contributed by atoms with Crippen molar-refractivity contribution in [3.8, 4) is 11.4 Å². The van der Waals surface area contributed by atoms with Crippen LogP contribution in [0.3, 0.4) is 0 Å². The second kappa shape index (κ2) is 9.91. The second-order valence-corrected chi connectivity index (χ2v) is 5.94. The van der Waals surface area contributed by atoms with Crippen LogP contribution in [0.25, 0.3) is 22.4 Å². The van der Waals surface area contributed by atoms with Crippen molar-refractivity contribution in [2.24, 2.45) is 0 Å². The highest BCUT2D eigenvalue weighted by atomic mass is 16.2. The third-order valence-corrected chi connectivity index (χ3v) is 4.17. The van der Waals surface area contributed by atoms with E-state index < -0.39 is 5.41 Å². The number of para-hydroxylation sites is 2. The molecule has 1 amide bonds. The maximum Gasteiger partial charge on any atom is 0.234 e. The van der Waals surface area contributed by atoms with Gasteiger partial charge in [0.25, 0.3) is 0 Å². The minimum atomic E-state index is -0.503. The Morgan fingerprint density at radius 3 is 2.15 bits per heavy atom. The monoisotopic (exact) mass is 367 g/mol. The number of amides is 1. The van der Waals surface area contributed by atoms with Gasteiger partial charge in [-0.05, 0) is 49.7 Å². The first kappa shape index (κ1) is 22.4. The molecular weight excluding hydrogens is 334 g/mol. The van der Waals surface area contributed by atoms with Gasteiger partial charge < -0.3 is 10.3 Å². The van der Waals surface area contributed by atoms with E-state index in [0.717, 1.165) is 33.7 Å². The van der Waals surface area contributed by atoms with Gasteiger partial charge in [0.1, 0.15) is 5.82 Å². The smallest absolute Gasteiger partial charge is 0.234 e. The number of nitrogens with one attached hydrogen (secondary N) is 2. The summed E-state index contributed by atoms with van der Waals surface area (Å²) in [7, 11) is 0. The van der Waals surface area contributed by atoms with E-state index >= 15 is 0 Å². The molecule has 2 aromatic carbocycles. The Morgan fingerprint density at radius 1 is 0.889 bits per heavy atom. The molecule has 1 aliphatic heterocycles. The quantitative estimate of drug-likeness (QED) is 0.513. The number of aromatic amines is 1. The van der Waals surface area contributed by atoms with Gasteiger partial charge in [0.2, 0.25) is 5.91 Å². The fourth-order valence-electron chi connectivity index (χ4n) is 2.81. The van der Waals surface area contributed by atoms with Crippen molar-refractivity contribution in [3.05, 3.63) is 48.0 Å². The molecule has 2 N–H and O–H groups in total. The minimum absolute atomic E-state index is 0.0410. The summed E-state index contributed by atoms with van der Waals surface area (Å²) in [6, 6.07) is 13.9. The molecule has 2 heterocycles. The van der Waals surface area contributed by atoms with E-state index in [4.69, 9.17) is 0 Å². The van der Waals surface area contributed by atoms with E-state index in [9.17, 15) is 4.79 Å². The zero-order valence-corrected chi connectivity index (χ0v) is 17.9. The van der Waals surface area contributed by atoms with Crippen LogP contribution >= 0.6 is 0 Å². The van der Waals surface area contributed by atoms with Crippen molar-refractivity contribution >= 4 is 22.6 Å². The summed E-state index contributed by atoms with van der Waals surface area (Å²) >= 11 is 0. The number of anilines is 1. The van der Waals surface area contributed by atoms with E-state index in [-0.39, 0.29) is 5.91 Å². The second-order valence-electron chi connectivity index (χ2n) is 5.94. The lowest BCUT2D eigenvalue weighted by atomic mass is 9.85. The van der Waals surface area contributed by atoms with Gasteiger partial charge in [-0.2, -0.15) is 0 Å². The number of carbonyl (C=O) groups excluding carboxylic acids is 1. The van der Waals surface area contributed by atoms with Gasteiger partial charge in [0.15, 0.2) is 0 Å². The van der Waals surface area contributed by atoms with Gasteiger partial charge in [0.05, 0.1) is 16.4 Å². The molecule has 0 unspecified atom stereocenters. The Morgan fingerprint density at radius 2 is 1.52 bits per heavy atom. The lowest BCUT2D eigenvalue weighted by molar-refractivity contribution is -0.119. The molecule has 0 fully saturated rings. The first-order chi connectivity index (χ1) is 13.1. The Hall–Kier alpha value is -2.62. The molecule has 0 bridgehead atoms. The normalized spacial score (nSPS) is 13.1. The van der Waals surface area contributed by atoms with Crippen LogP contribution in [0, 0.1) is 0 Å². The summed E-state index contributed by atoms with van der Waals surface area (Å²) in [5, 5.41) is 2.92. The van der Waals surface area contributed by atoms with Gasteiger partial charge in [0, 0.05) is 11.3 Å². The van der Waals surface area contributed by atoms with E-state index in [1.807, 2.05) is 97.9 Å². The molecule has 3 aromatic rings. The number of rotatable bonds is 1. The van der Waals surface area contributed by atoms with Gasteiger partial charge in [-0.1, -0.05) is 53.7 Å². The number of carbonyl (C=O) groups is 1. The average Bonchev–Trinajstić information content (AvgIpc) is 3.25. The molecule has 0 saturated heterocycles. The molecule has 1 aliphatic rings. The van der Waals surface area contributed by atoms with Crippen LogP contribution in [0.15, 0.2) is 42.5 Å². The molecule has 0 saturated carbocycles. The predicted octanol–water partition coefficient (Wildman–Crippen LogP) is 6.54. The number of fused-ring (bicyclic) bond motifs is 2. The van der Waals surface area contributed by atoms with Gasteiger partial charge >= 0.3 is 0 Å². The summed E-state index contributed by atoms with van der Waals surface area (Å²) in [5.74, 6) is 0.869. The molecular formula is C23H33N3O. The fourth-order valence-corrected chi connectivity index (χ4v) is 2.81. The maximum atomic E-state index is 12.0. The average molecular weight is 368 g/mol. The molecule has 27 heavy (non-hydrogen) atoms. The Kier molecular flexibility index (Phi) is 8.23. The highest BCUT2D eigenvalue weighted by molar-refractivity contribution is 6.06. The Bertz CT molecular complexity index is 845. The number of benzene rings is 2. The third kappa shape index (κ3) is 4.38. The van der Waals surface area contributed by atoms with Crippen LogP contribution < -0.4 is 5.32 Å². The topological polar surface area (TPSA) is 57.8 Å². The molecule has 0 radical (unpaired) electrons. The molecule has 4 heteroatoms. The first-order valence-corrected chi connectivity index (χ1v) is 9.97. The van der Waals surface area contributed by atoms with E-state index in [1.165, 1.54) is 0 Å². The minimum Gasteiger partial charge on any atom is -0.338 e. The van der Waals surface area contributed by atoms with Crippen molar-refractivity contribution in [2.75, 3.05) is 5.32 Å². The molecule has 4 rings (SSSR count). The largest absolute Gasteiger partial charge is 0.338 e. The van der Waals surface area contributed by atoms with Crippen LogP contribution in [0.2, 0.25) is 0 Å². The summed E-state index contributed by atoms with van der Waals surface area (Å²) in [5.41, 5.74) is 4.37. The van der Waals surface area contributed by atoms with Crippen molar-refractivity contribution in [3.63, 3.8) is 0 Å². The van der Waals surface area contributed by atoms with Crippen molar-refractivity contribution in [1.82, 2.24) is 9.97 Å². The van der Waals surface area contributed by atoms with E-state index in [1.54, 1.807) is 0 Å². The number of H-pyrrole nitrogens is 1. The van der Waals surface area contributed by atoms with E-state index in [2.05, 4.69) is 15.3 Å². The molecule has 146 valence electrons. The SMILES string of the molecule is CC.CC.CC.CC1(C)C(=O)Nc2ccc(-c3nc4ccccc4[nH]3)cc21. The molecule has 0 atom stereocenters. The van der Waals surface area contributed by atoms with Gasteiger partial charge in [-0.3, -0.25) is 4.79 Å². The van der Waals surface area contributed by atoms with Crippen LogP contribution in [-0.4, -0.2) is 15.9 Å². The zero-order chi connectivity index (χ0) is 20.6. The maximum absolute atomic E-state index is 12.0. The summed E-state index contributed by atoms with van der Waals surface area (Å²) in [4.78, 5) is 19.9. The highest BCUT2D eigenvalue weighted by Crippen LogP contribution is 2.39. The molecule has 0 spiro atoms. The van der Waals surface area contributed by atoms with Gasteiger partial charge in [-0.15, -0.1) is 0 Å². The van der Waals surface area contributed by atoms with Gasteiger partial charge in [-0.25, -0.2) is 4.98 Å². The highest BCUT2D eigenvalue weighted by Gasteiger charge is 2.38. The Balaban J connectivity index is 0.000000556. The third-order valence-electron chi connectivity index (χ3n) is 4.17. The summed E-state index contributed by atoms with van der Waals surface area (Å²) < 4.78 is 0. The number of imidazole rings is 1. The summed E-state index contributed by atoms with van der Waals surface area (Å²) in [6.07, 6.45) is 0. The first-order valence-electron chi connectivity index (χ1n) is 9.97. The zero-order valence-electron chi connectivity index (χ0n) is 17.9. The molecule has 0 aliphatic carbocycles. The van der Waals surface area contributed by atoms with E-state index in [0.29, 0.717) is 0 Å². The van der Waals surface area contributed by atoms with Crippen LogP contribution in [0.1, 0.15) is 61.0 Å². The molecule has 4 nitrogen and oxygen atoms in total. The lowest BCUT2D eigenvalue weighted by Gasteiger charge is -2.15.